The van der Waals surface area contributed by atoms with E-state index in [1.54, 1.807) is 13.2 Å². The highest BCUT2D eigenvalue weighted by molar-refractivity contribution is 6.62. The molecule has 0 bridgehead atoms. The fourth-order valence-corrected chi connectivity index (χ4v) is 2.17. The van der Waals surface area contributed by atoms with Gasteiger partial charge in [-0.1, -0.05) is 0 Å². The van der Waals surface area contributed by atoms with Gasteiger partial charge < -0.3 is 19.0 Å². The molecule has 0 radical (unpaired) electrons. The Kier molecular flexibility index (Phi) is 3.87. The first kappa shape index (κ1) is 16.6. The Bertz CT molecular complexity index is 652. The van der Waals surface area contributed by atoms with Crippen LogP contribution in [0.2, 0.25) is 0 Å². The molecule has 1 saturated heterocycles. The van der Waals surface area contributed by atoms with Crippen LogP contribution in [-0.2, 0) is 16.4 Å². The van der Waals surface area contributed by atoms with E-state index in [9.17, 15) is 9.59 Å². The Hall–Kier alpha value is -1.80. The molecule has 120 valence electrons. The Labute approximate surface area is 129 Å². The molecule has 0 aromatic carbocycles. The number of nitrogens with zero attached hydrogens (tertiary/aromatic N) is 2. The molecule has 0 atom stereocenters. The number of rotatable bonds is 2. The van der Waals surface area contributed by atoms with Gasteiger partial charge in [0.15, 0.2) is 0 Å². The molecule has 0 unspecified atom stereocenters. The summed E-state index contributed by atoms with van der Waals surface area (Å²) in [7, 11) is 2.24. The summed E-state index contributed by atoms with van der Waals surface area (Å²) < 4.78 is 13.2. The van der Waals surface area contributed by atoms with Crippen LogP contribution in [0.15, 0.2) is 17.1 Å². The van der Waals surface area contributed by atoms with Gasteiger partial charge in [-0.25, -0.2) is 4.79 Å². The normalized spacial score (nSPS) is 19.3. The number of carboxylic acid groups (broad SMARTS) is 1. The smallest absolute Gasteiger partial charge is 0.465 e. The monoisotopic (exact) mass is 308 g/mol. The third kappa shape index (κ3) is 2.64. The van der Waals surface area contributed by atoms with Gasteiger partial charge in [0.25, 0.3) is 5.56 Å². The highest BCUT2D eigenvalue weighted by Gasteiger charge is 2.52. The van der Waals surface area contributed by atoms with E-state index in [1.165, 1.54) is 17.7 Å². The minimum Gasteiger partial charge on any atom is -0.465 e. The quantitative estimate of drug-likeness (QED) is 0.817. The summed E-state index contributed by atoms with van der Waals surface area (Å²) in [6, 6.07) is 1.50. The molecule has 2 rings (SSSR count). The molecule has 1 aliphatic rings. The Morgan fingerprint density at radius 2 is 1.77 bits per heavy atom. The van der Waals surface area contributed by atoms with Crippen molar-refractivity contribution in [2.45, 2.75) is 38.9 Å². The van der Waals surface area contributed by atoms with Gasteiger partial charge in [0.2, 0.25) is 0 Å². The van der Waals surface area contributed by atoms with Crippen molar-refractivity contribution in [3.05, 3.63) is 22.6 Å². The van der Waals surface area contributed by atoms with Crippen LogP contribution in [0.5, 0.6) is 0 Å². The SMILES string of the molecule is CN(C(=O)O)c1cc(B2OC(C)(C)C(C)(C)O2)cn(C)c1=O. The van der Waals surface area contributed by atoms with Crippen molar-refractivity contribution in [3.63, 3.8) is 0 Å². The van der Waals surface area contributed by atoms with E-state index >= 15 is 0 Å². The first-order valence-electron chi connectivity index (χ1n) is 6.99. The van der Waals surface area contributed by atoms with E-state index < -0.39 is 30.0 Å². The third-order valence-electron chi connectivity index (χ3n) is 4.36. The molecule has 7 nitrogen and oxygen atoms in total. The number of pyridine rings is 1. The van der Waals surface area contributed by atoms with Crippen LogP contribution in [-0.4, -0.2) is 41.1 Å². The summed E-state index contributed by atoms with van der Waals surface area (Å²) in [6.45, 7) is 7.72. The molecule has 1 aliphatic heterocycles. The molecular weight excluding hydrogens is 287 g/mol. The van der Waals surface area contributed by atoms with Crippen LogP contribution in [0.3, 0.4) is 0 Å². The lowest BCUT2D eigenvalue weighted by Crippen LogP contribution is -2.41. The van der Waals surface area contributed by atoms with Gasteiger partial charge in [-0.2, -0.15) is 0 Å². The van der Waals surface area contributed by atoms with E-state index in [0.717, 1.165) is 4.90 Å². The van der Waals surface area contributed by atoms with Crippen LogP contribution in [0.1, 0.15) is 27.7 Å². The number of hydrogen-bond acceptors (Lipinski definition) is 4. The zero-order valence-corrected chi connectivity index (χ0v) is 13.7. The van der Waals surface area contributed by atoms with Crippen LogP contribution in [0.4, 0.5) is 10.5 Å². The standard InChI is InChI=1S/C14H21BN2O5/c1-13(2)14(3,4)22-15(21-13)9-7-10(17(6)12(19)20)11(18)16(5)8-9/h7-8H,1-6H3,(H,19,20). The first-order valence-corrected chi connectivity index (χ1v) is 6.99. The van der Waals surface area contributed by atoms with Crippen molar-refractivity contribution in [2.75, 3.05) is 11.9 Å². The number of carbonyl (C=O) groups is 1. The van der Waals surface area contributed by atoms with Crippen LogP contribution < -0.4 is 15.9 Å². The predicted octanol–water partition coefficient (Wildman–Crippen LogP) is 0.799. The molecule has 0 saturated carbocycles. The van der Waals surface area contributed by atoms with Crippen LogP contribution in [0, 0.1) is 0 Å². The van der Waals surface area contributed by atoms with Crippen molar-refractivity contribution < 1.29 is 19.2 Å². The van der Waals surface area contributed by atoms with Crippen molar-refractivity contribution in [1.29, 1.82) is 0 Å². The molecule has 1 N–H and O–H groups in total. The second kappa shape index (κ2) is 5.14. The van der Waals surface area contributed by atoms with Crippen molar-refractivity contribution in [1.82, 2.24) is 4.57 Å². The summed E-state index contributed by atoms with van der Waals surface area (Å²) in [5.41, 5.74) is -0.757. The minimum atomic E-state index is -1.21. The lowest BCUT2D eigenvalue weighted by atomic mass is 9.80. The molecule has 2 heterocycles. The number of anilines is 1. The summed E-state index contributed by atoms with van der Waals surface area (Å²) in [6.07, 6.45) is 0.395. The summed E-state index contributed by atoms with van der Waals surface area (Å²) in [4.78, 5) is 24.1. The maximum absolute atomic E-state index is 12.1. The van der Waals surface area contributed by atoms with E-state index in [0.29, 0.717) is 5.46 Å². The van der Waals surface area contributed by atoms with Gasteiger partial charge in [-0.3, -0.25) is 9.69 Å². The number of aryl methyl sites for hydroxylation is 1. The molecule has 0 aliphatic carbocycles. The summed E-state index contributed by atoms with van der Waals surface area (Å²) >= 11 is 0. The van der Waals surface area contributed by atoms with Gasteiger partial charge in [-0.05, 0) is 33.8 Å². The van der Waals surface area contributed by atoms with E-state index in [-0.39, 0.29) is 5.69 Å². The first-order chi connectivity index (χ1) is 9.96. The average Bonchev–Trinajstić information content (AvgIpc) is 2.60. The fraction of sp³-hybridized carbons (Fsp3) is 0.571. The van der Waals surface area contributed by atoms with Crippen LogP contribution >= 0.6 is 0 Å². The Morgan fingerprint density at radius 1 is 1.27 bits per heavy atom. The number of amides is 1. The largest absolute Gasteiger partial charge is 0.496 e. The van der Waals surface area contributed by atoms with Crippen molar-refractivity contribution in [2.24, 2.45) is 7.05 Å². The second-order valence-electron chi connectivity index (χ2n) is 6.50. The molecule has 0 spiro atoms. The third-order valence-corrected chi connectivity index (χ3v) is 4.36. The van der Waals surface area contributed by atoms with Gasteiger partial charge in [0.05, 0.1) is 11.2 Å². The second-order valence-corrected chi connectivity index (χ2v) is 6.50. The van der Waals surface area contributed by atoms with Gasteiger partial charge >= 0.3 is 13.2 Å². The maximum Gasteiger partial charge on any atom is 0.496 e. The number of hydrogen-bond donors (Lipinski definition) is 1. The lowest BCUT2D eigenvalue weighted by molar-refractivity contribution is 0.00578. The minimum absolute atomic E-state index is 0.0576. The Balaban J connectivity index is 2.47. The lowest BCUT2D eigenvalue weighted by Gasteiger charge is -2.32. The molecule has 22 heavy (non-hydrogen) atoms. The molecular formula is C14H21BN2O5. The van der Waals surface area contributed by atoms with E-state index in [1.807, 2.05) is 27.7 Å². The van der Waals surface area contributed by atoms with Gasteiger partial charge in [-0.15, -0.1) is 0 Å². The van der Waals surface area contributed by atoms with E-state index in [4.69, 9.17) is 14.4 Å². The zero-order chi connectivity index (χ0) is 16.9. The molecule has 8 heteroatoms. The highest BCUT2D eigenvalue weighted by atomic mass is 16.7. The molecule has 1 aromatic heterocycles. The number of aromatic nitrogens is 1. The fourth-order valence-electron chi connectivity index (χ4n) is 2.17. The Morgan fingerprint density at radius 3 is 2.23 bits per heavy atom. The van der Waals surface area contributed by atoms with Crippen molar-refractivity contribution >= 4 is 24.4 Å². The van der Waals surface area contributed by atoms with Crippen molar-refractivity contribution in [3.8, 4) is 0 Å². The van der Waals surface area contributed by atoms with Gasteiger partial charge in [0.1, 0.15) is 5.69 Å². The zero-order valence-electron chi connectivity index (χ0n) is 13.7. The molecule has 1 aromatic rings. The van der Waals surface area contributed by atoms with E-state index in [2.05, 4.69) is 0 Å². The highest BCUT2D eigenvalue weighted by Crippen LogP contribution is 2.36. The predicted molar refractivity (Wildman–Crippen MR) is 83.8 cm³/mol. The summed E-state index contributed by atoms with van der Waals surface area (Å²) in [5, 5.41) is 9.09. The topological polar surface area (TPSA) is 81.0 Å². The maximum atomic E-state index is 12.1. The summed E-state index contributed by atoms with van der Waals surface area (Å²) in [5.74, 6) is 0. The average molecular weight is 308 g/mol. The molecule has 1 amide bonds. The molecule has 1 fully saturated rings. The van der Waals surface area contributed by atoms with Crippen LogP contribution in [0.25, 0.3) is 0 Å². The van der Waals surface area contributed by atoms with Gasteiger partial charge in [0, 0.05) is 25.8 Å².